The molecule has 0 aliphatic carbocycles. The van der Waals surface area contributed by atoms with E-state index < -0.39 is 0 Å². The van der Waals surface area contributed by atoms with Crippen LogP contribution in [0.4, 0.5) is 5.69 Å². The summed E-state index contributed by atoms with van der Waals surface area (Å²) in [4.78, 5) is 32.2. The van der Waals surface area contributed by atoms with Crippen LogP contribution < -0.4 is 10.2 Å². The van der Waals surface area contributed by atoms with Crippen molar-refractivity contribution in [3.05, 3.63) is 65.7 Å². The van der Waals surface area contributed by atoms with Crippen molar-refractivity contribution in [2.75, 3.05) is 50.7 Å². The minimum atomic E-state index is -0.340. The average molecular weight is 449 g/mol. The number of unbranched alkanes of at least 4 members (excludes halogenated alkanes) is 1. The Hall–Kier alpha value is -2.86. The fourth-order valence-corrected chi connectivity index (χ4v) is 4.87. The molecule has 0 spiro atoms. The van der Waals surface area contributed by atoms with Gasteiger partial charge in [0.2, 0.25) is 5.91 Å². The molecule has 0 aromatic heterocycles. The normalized spacial score (nSPS) is 19.0. The van der Waals surface area contributed by atoms with Gasteiger partial charge in [-0.15, -0.1) is 0 Å². The van der Waals surface area contributed by atoms with Crippen LogP contribution in [0, 0.1) is 6.92 Å². The van der Waals surface area contributed by atoms with Gasteiger partial charge in [0.15, 0.2) is 0 Å². The molecule has 1 unspecified atom stereocenters. The summed E-state index contributed by atoms with van der Waals surface area (Å²) in [5.41, 5.74) is 3.28. The van der Waals surface area contributed by atoms with Gasteiger partial charge in [-0.05, 0) is 69.0 Å². The lowest BCUT2D eigenvalue weighted by Crippen LogP contribution is -2.47. The van der Waals surface area contributed by atoms with Gasteiger partial charge >= 0.3 is 0 Å². The zero-order valence-electron chi connectivity index (χ0n) is 19.7. The highest BCUT2D eigenvalue weighted by molar-refractivity contribution is 5.97. The first-order valence-corrected chi connectivity index (χ1v) is 12.3. The Balaban J connectivity index is 1.13. The molecule has 2 aliphatic heterocycles. The number of likely N-dealkylation sites (tertiary alicyclic amines) is 1. The number of nitrogens with one attached hydrogen (secondary N) is 1. The molecule has 2 heterocycles. The lowest BCUT2D eigenvalue weighted by molar-refractivity contribution is -0.124. The van der Waals surface area contributed by atoms with E-state index >= 15 is 0 Å². The summed E-state index contributed by atoms with van der Waals surface area (Å²) in [7, 11) is 0. The van der Waals surface area contributed by atoms with Gasteiger partial charge in [0.1, 0.15) is 6.04 Å². The molecule has 1 N–H and O–H groups in total. The third-order valence-corrected chi connectivity index (χ3v) is 6.78. The SMILES string of the molecule is Cc1cccc(N2CCN(CCCCNC(=O)C3CCCN3C(=O)c3ccccc3)CC2)c1. The maximum atomic E-state index is 12.8. The molecular weight excluding hydrogens is 412 g/mol. The van der Waals surface area contributed by atoms with Gasteiger partial charge in [0.25, 0.3) is 5.91 Å². The fourth-order valence-electron chi connectivity index (χ4n) is 4.87. The molecule has 2 aliphatic rings. The van der Waals surface area contributed by atoms with Crippen LogP contribution in [0.1, 0.15) is 41.6 Å². The molecule has 2 fully saturated rings. The lowest BCUT2D eigenvalue weighted by Gasteiger charge is -2.36. The maximum absolute atomic E-state index is 12.8. The van der Waals surface area contributed by atoms with Crippen LogP contribution in [0.5, 0.6) is 0 Å². The first kappa shape index (κ1) is 23.3. The quantitative estimate of drug-likeness (QED) is 0.630. The van der Waals surface area contributed by atoms with Crippen molar-refractivity contribution < 1.29 is 9.59 Å². The molecule has 2 saturated heterocycles. The van der Waals surface area contributed by atoms with Crippen LogP contribution in [0.15, 0.2) is 54.6 Å². The molecule has 0 radical (unpaired) electrons. The highest BCUT2D eigenvalue weighted by Crippen LogP contribution is 2.21. The predicted octanol–water partition coefficient (Wildman–Crippen LogP) is 3.32. The van der Waals surface area contributed by atoms with E-state index in [0.717, 1.165) is 58.4 Å². The Kier molecular flexibility index (Phi) is 8.00. The number of rotatable bonds is 8. The standard InChI is InChI=1S/C27H36N4O2/c1-22-9-7-12-24(21-22)30-19-17-29(18-20-30)15-6-5-14-28-26(32)25-13-8-16-31(25)27(33)23-10-3-2-4-11-23/h2-4,7,9-12,21,25H,5-6,8,13-20H2,1H3,(H,28,32). The van der Waals surface area contributed by atoms with Gasteiger partial charge in [-0.2, -0.15) is 0 Å². The van der Waals surface area contributed by atoms with Gasteiger partial charge in [-0.25, -0.2) is 0 Å². The van der Waals surface area contributed by atoms with E-state index in [1.54, 1.807) is 4.90 Å². The van der Waals surface area contributed by atoms with Gasteiger partial charge in [-0.1, -0.05) is 30.3 Å². The van der Waals surface area contributed by atoms with Crippen molar-refractivity contribution in [3.8, 4) is 0 Å². The number of anilines is 1. The monoisotopic (exact) mass is 448 g/mol. The topological polar surface area (TPSA) is 55.9 Å². The smallest absolute Gasteiger partial charge is 0.254 e. The van der Waals surface area contributed by atoms with Crippen LogP contribution >= 0.6 is 0 Å². The maximum Gasteiger partial charge on any atom is 0.254 e. The molecule has 2 aromatic carbocycles. The summed E-state index contributed by atoms with van der Waals surface area (Å²) in [6, 6.07) is 17.6. The van der Waals surface area contributed by atoms with Gasteiger partial charge in [0.05, 0.1) is 0 Å². The van der Waals surface area contributed by atoms with Crippen LogP contribution in [-0.2, 0) is 4.79 Å². The number of hydrogen-bond acceptors (Lipinski definition) is 4. The highest BCUT2D eigenvalue weighted by atomic mass is 16.2. The second-order valence-electron chi connectivity index (χ2n) is 9.19. The molecule has 2 amide bonds. The first-order chi connectivity index (χ1) is 16.1. The lowest BCUT2D eigenvalue weighted by atomic mass is 10.1. The Labute approximate surface area is 197 Å². The minimum Gasteiger partial charge on any atom is -0.369 e. The molecule has 6 nitrogen and oxygen atoms in total. The Morgan fingerprint density at radius 1 is 0.939 bits per heavy atom. The second-order valence-corrected chi connectivity index (χ2v) is 9.19. The van der Waals surface area contributed by atoms with Crippen molar-refractivity contribution in [3.63, 3.8) is 0 Å². The summed E-state index contributed by atoms with van der Waals surface area (Å²) in [5.74, 6) is -0.0541. The largest absolute Gasteiger partial charge is 0.369 e. The number of carbonyl (C=O) groups excluding carboxylic acids is 2. The van der Waals surface area contributed by atoms with Crippen molar-refractivity contribution in [2.45, 2.75) is 38.6 Å². The summed E-state index contributed by atoms with van der Waals surface area (Å²) < 4.78 is 0. The number of piperazine rings is 1. The summed E-state index contributed by atoms with van der Waals surface area (Å²) in [6.45, 7) is 8.83. The number of nitrogens with zero attached hydrogens (tertiary/aromatic N) is 3. The van der Waals surface area contributed by atoms with E-state index in [4.69, 9.17) is 0 Å². The van der Waals surface area contributed by atoms with E-state index in [9.17, 15) is 9.59 Å². The molecule has 6 heteroatoms. The summed E-state index contributed by atoms with van der Waals surface area (Å²) >= 11 is 0. The number of hydrogen-bond donors (Lipinski definition) is 1. The zero-order chi connectivity index (χ0) is 23.0. The molecule has 0 bridgehead atoms. The molecule has 33 heavy (non-hydrogen) atoms. The van der Waals surface area contributed by atoms with Gasteiger partial charge in [-0.3, -0.25) is 14.5 Å². The van der Waals surface area contributed by atoms with Crippen molar-refractivity contribution in [2.24, 2.45) is 0 Å². The van der Waals surface area contributed by atoms with Crippen LogP contribution in [-0.4, -0.2) is 73.5 Å². The molecule has 2 aromatic rings. The summed E-state index contributed by atoms with van der Waals surface area (Å²) in [6.07, 6.45) is 3.66. The summed E-state index contributed by atoms with van der Waals surface area (Å²) in [5, 5.41) is 3.07. The minimum absolute atomic E-state index is 0.0106. The highest BCUT2D eigenvalue weighted by Gasteiger charge is 2.34. The molecular formula is C27H36N4O2. The number of aryl methyl sites for hydroxylation is 1. The number of amides is 2. The molecule has 4 rings (SSSR count). The Morgan fingerprint density at radius 2 is 1.73 bits per heavy atom. The molecule has 0 saturated carbocycles. The van der Waals surface area contributed by atoms with Crippen molar-refractivity contribution in [1.29, 1.82) is 0 Å². The number of benzene rings is 2. The van der Waals surface area contributed by atoms with Gasteiger partial charge < -0.3 is 15.1 Å². The van der Waals surface area contributed by atoms with E-state index in [1.165, 1.54) is 11.3 Å². The van der Waals surface area contributed by atoms with Crippen molar-refractivity contribution >= 4 is 17.5 Å². The van der Waals surface area contributed by atoms with Crippen LogP contribution in [0.2, 0.25) is 0 Å². The fraction of sp³-hybridized carbons (Fsp3) is 0.481. The Morgan fingerprint density at radius 3 is 2.48 bits per heavy atom. The van der Waals surface area contributed by atoms with E-state index in [-0.39, 0.29) is 17.9 Å². The Bertz CT molecular complexity index is 925. The van der Waals surface area contributed by atoms with E-state index in [2.05, 4.69) is 46.3 Å². The first-order valence-electron chi connectivity index (χ1n) is 12.3. The second kappa shape index (κ2) is 11.3. The van der Waals surface area contributed by atoms with Crippen LogP contribution in [0.25, 0.3) is 0 Å². The third kappa shape index (κ3) is 6.14. The number of carbonyl (C=O) groups is 2. The van der Waals surface area contributed by atoms with E-state index in [1.807, 2.05) is 30.3 Å². The molecule has 176 valence electrons. The predicted molar refractivity (Wildman–Crippen MR) is 133 cm³/mol. The van der Waals surface area contributed by atoms with E-state index in [0.29, 0.717) is 18.7 Å². The molecule has 1 atom stereocenters. The third-order valence-electron chi connectivity index (χ3n) is 6.78. The van der Waals surface area contributed by atoms with Crippen molar-refractivity contribution in [1.82, 2.24) is 15.1 Å². The average Bonchev–Trinajstić information content (AvgIpc) is 3.34. The zero-order valence-corrected chi connectivity index (χ0v) is 19.7. The van der Waals surface area contributed by atoms with Crippen LogP contribution in [0.3, 0.4) is 0 Å². The van der Waals surface area contributed by atoms with Gasteiger partial charge in [0, 0.05) is 50.5 Å².